The largest absolute Gasteiger partial charge is 0.374 e. The Kier molecular flexibility index (Phi) is 3.75. The van der Waals surface area contributed by atoms with E-state index in [9.17, 15) is 9.59 Å². The van der Waals surface area contributed by atoms with Crippen molar-refractivity contribution < 1.29 is 14.3 Å². The van der Waals surface area contributed by atoms with E-state index >= 15 is 0 Å². The molecule has 4 rings (SSSR count). The molecular weight excluding hydrogens is 322 g/mol. The molecule has 136 valence electrons. The highest BCUT2D eigenvalue weighted by atomic mass is 16.5. The second kappa shape index (κ2) is 5.72. The minimum Gasteiger partial charge on any atom is -0.374 e. The van der Waals surface area contributed by atoms with Crippen molar-refractivity contribution >= 4 is 17.8 Å². The van der Waals surface area contributed by atoms with E-state index in [1.54, 1.807) is 17.8 Å². The monoisotopic (exact) mass is 347 g/mol. The SMILES string of the molecule is CNC(=O)Cn1nc(NC(=O)NC[C@]23C[C@H]2COC32CCC2)cc1C. The lowest BCUT2D eigenvalue weighted by molar-refractivity contribution is -0.121. The van der Waals surface area contributed by atoms with Crippen LogP contribution in [0.2, 0.25) is 0 Å². The van der Waals surface area contributed by atoms with Gasteiger partial charge in [0.2, 0.25) is 5.91 Å². The number of nitrogens with zero attached hydrogens (tertiary/aromatic N) is 2. The molecule has 0 radical (unpaired) electrons. The summed E-state index contributed by atoms with van der Waals surface area (Å²) in [5.74, 6) is 0.917. The Labute approximate surface area is 146 Å². The third-order valence-corrected chi connectivity index (χ3v) is 6.22. The second-order valence-corrected chi connectivity index (χ2v) is 7.53. The first-order valence-electron chi connectivity index (χ1n) is 8.92. The summed E-state index contributed by atoms with van der Waals surface area (Å²) in [6.07, 6.45) is 4.63. The Balaban J connectivity index is 1.33. The Hall–Kier alpha value is -2.09. The van der Waals surface area contributed by atoms with Gasteiger partial charge in [0.25, 0.3) is 0 Å². The van der Waals surface area contributed by atoms with Crippen LogP contribution >= 0.6 is 0 Å². The normalized spacial score (nSPS) is 28.2. The molecule has 3 N–H and O–H groups in total. The van der Waals surface area contributed by atoms with Crippen molar-refractivity contribution in [2.75, 3.05) is 25.5 Å². The van der Waals surface area contributed by atoms with E-state index in [0.29, 0.717) is 18.3 Å². The summed E-state index contributed by atoms with van der Waals surface area (Å²) < 4.78 is 7.60. The third-order valence-electron chi connectivity index (χ3n) is 6.22. The second-order valence-electron chi connectivity index (χ2n) is 7.53. The number of carbonyl (C=O) groups is 2. The highest BCUT2D eigenvalue weighted by Gasteiger charge is 2.73. The van der Waals surface area contributed by atoms with Gasteiger partial charge in [0.05, 0.1) is 12.2 Å². The standard InChI is InChI=1S/C17H25N5O3/c1-11-6-13(21-22(11)8-14(23)18-2)20-15(24)19-10-16-7-12(16)9-25-17(16)4-3-5-17/h6,12H,3-5,7-10H2,1-2H3,(H,18,23)(H2,19,20,21,24)/t12-,16+/m0/s1. The minimum absolute atomic E-state index is 0.0244. The van der Waals surface area contributed by atoms with Crippen LogP contribution in [0.1, 0.15) is 31.4 Å². The zero-order chi connectivity index (χ0) is 17.7. The summed E-state index contributed by atoms with van der Waals surface area (Å²) in [6.45, 7) is 3.48. The van der Waals surface area contributed by atoms with Gasteiger partial charge < -0.3 is 15.4 Å². The van der Waals surface area contributed by atoms with Crippen LogP contribution in [0.15, 0.2) is 6.07 Å². The van der Waals surface area contributed by atoms with Crippen LogP contribution in [0.3, 0.4) is 0 Å². The number of carbonyl (C=O) groups excluding carboxylic acids is 2. The molecule has 2 saturated carbocycles. The van der Waals surface area contributed by atoms with Gasteiger partial charge in [-0.15, -0.1) is 0 Å². The van der Waals surface area contributed by atoms with Crippen molar-refractivity contribution in [2.45, 2.75) is 44.8 Å². The molecule has 1 spiro atoms. The first-order valence-corrected chi connectivity index (χ1v) is 8.92. The van der Waals surface area contributed by atoms with Gasteiger partial charge >= 0.3 is 6.03 Å². The van der Waals surface area contributed by atoms with Crippen LogP contribution in [0.5, 0.6) is 0 Å². The van der Waals surface area contributed by atoms with Crippen molar-refractivity contribution in [1.82, 2.24) is 20.4 Å². The van der Waals surface area contributed by atoms with Gasteiger partial charge in [0.1, 0.15) is 6.54 Å². The molecule has 8 nitrogen and oxygen atoms in total. The maximum absolute atomic E-state index is 12.3. The molecule has 1 aliphatic heterocycles. The number of anilines is 1. The predicted molar refractivity (Wildman–Crippen MR) is 91.1 cm³/mol. The van der Waals surface area contributed by atoms with Gasteiger partial charge in [0.15, 0.2) is 5.82 Å². The summed E-state index contributed by atoms with van der Waals surface area (Å²) in [5.41, 5.74) is 0.991. The van der Waals surface area contributed by atoms with E-state index in [1.165, 1.54) is 6.42 Å². The maximum atomic E-state index is 12.3. The van der Waals surface area contributed by atoms with Gasteiger partial charge in [-0.25, -0.2) is 4.79 Å². The Bertz CT molecular complexity index is 711. The van der Waals surface area contributed by atoms with Crippen LogP contribution in [0, 0.1) is 18.3 Å². The number of nitrogens with one attached hydrogen (secondary N) is 3. The molecule has 2 atom stereocenters. The van der Waals surface area contributed by atoms with E-state index in [0.717, 1.165) is 31.6 Å². The molecule has 1 aromatic heterocycles. The lowest BCUT2D eigenvalue weighted by Crippen LogP contribution is -2.51. The van der Waals surface area contributed by atoms with E-state index in [1.807, 2.05) is 6.92 Å². The van der Waals surface area contributed by atoms with Gasteiger partial charge in [-0.2, -0.15) is 5.10 Å². The van der Waals surface area contributed by atoms with E-state index in [-0.39, 0.29) is 29.5 Å². The molecule has 0 bridgehead atoms. The molecule has 3 fully saturated rings. The fourth-order valence-corrected chi connectivity index (χ4v) is 4.42. The molecule has 2 heterocycles. The number of likely N-dealkylation sites (N-methyl/N-ethyl adjacent to an activating group) is 1. The van der Waals surface area contributed by atoms with Crippen molar-refractivity contribution in [3.63, 3.8) is 0 Å². The number of ether oxygens (including phenoxy) is 1. The molecule has 3 aliphatic rings. The maximum Gasteiger partial charge on any atom is 0.320 e. The molecule has 2 aliphatic carbocycles. The number of hydrogen-bond acceptors (Lipinski definition) is 4. The Morgan fingerprint density at radius 1 is 1.44 bits per heavy atom. The van der Waals surface area contributed by atoms with Crippen LogP contribution in [-0.2, 0) is 16.1 Å². The van der Waals surface area contributed by atoms with Crippen LogP contribution in [0.4, 0.5) is 10.6 Å². The highest BCUT2D eigenvalue weighted by molar-refractivity contribution is 5.88. The first-order chi connectivity index (χ1) is 12.0. The Morgan fingerprint density at radius 2 is 2.24 bits per heavy atom. The highest BCUT2D eigenvalue weighted by Crippen LogP contribution is 2.70. The van der Waals surface area contributed by atoms with E-state index in [4.69, 9.17) is 4.74 Å². The quantitative estimate of drug-likeness (QED) is 0.741. The number of aryl methyl sites for hydroxylation is 1. The Morgan fingerprint density at radius 3 is 2.88 bits per heavy atom. The van der Waals surface area contributed by atoms with E-state index in [2.05, 4.69) is 21.0 Å². The molecule has 3 amide bonds. The summed E-state index contributed by atoms with van der Waals surface area (Å²) in [6, 6.07) is 1.50. The number of rotatable bonds is 5. The molecule has 8 heteroatoms. The van der Waals surface area contributed by atoms with Crippen molar-refractivity contribution in [1.29, 1.82) is 0 Å². The average molecular weight is 347 g/mol. The topological polar surface area (TPSA) is 97.3 Å². The molecule has 1 saturated heterocycles. The molecule has 0 aromatic carbocycles. The van der Waals surface area contributed by atoms with Crippen molar-refractivity contribution in [3.8, 4) is 0 Å². The van der Waals surface area contributed by atoms with Gasteiger partial charge in [0, 0.05) is 30.8 Å². The summed E-state index contributed by atoms with van der Waals surface area (Å²) >= 11 is 0. The summed E-state index contributed by atoms with van der Waals surface area (Å²) in [5, 5.41) is 12.6. The lowest BCUT2D eigenvalue weighted by Gasteiger charge is -2.45. The van der Waals surface area contributed by atoms with E-state index < -0.39 is 0 Å². The van der Waals surface area contributed by atoms with Crippen molar-refractivity contribution in [2.24, 2.45) is 11.3 Å². The average Bonchev–Trinajstić information content (AvgIpc) is 3.02. The van der Waals surface area contributed by atoms with Crippen LogP contribution in [0.25, 0.3) is 0 Å². The predicted octanol–water partition coefficient (Wildman–Crippen LogP) is 1.02. The van der Waals surface area contributed by atoms with Gasteiger partial charge in [-0.3, -0.25) is 14.8 Å². The molecular formula is C17H25N5O3. The number of urea groups is 1. The zero-order valence-electron chi connectivity index (χ0n) is 14.7. The molecule has 25 heavy (non-hydrogen) atoms. The van der Waals surface area contributed by atoms with Crippen LogP contribution < -0.4 is 16.0 Å². The fourth-order valence-electron chi connectivity index (χ4n) is 4.42. The number of amides is 3. The van der Waals surface area contributed by atoms with Gasteiger partial charge in [-0.05, 0) is 38.5 Å². The van der Waals surface area contributed by atoms with Crippen LogP contribution in [-0.4, -0.2) is 47.5 Å². The smallest absolute Gasteiger partial charge is 0.320 e. The first kappa shape index (κ1) is 16.4. The molecule has 0 unspecified atom stereocenters. The number of aromatic nitrogens is 2. The fraction of sp³-hybridized carbons (Fsp3) is 0.706. The summed E-state index contributed by atoms with van der Waals surface area (Å²) in [4.78, 5) is 23.7. The van der Waals surface area contributed by atoms with Crippen molar-refractivity contribution in [3.05, 3.63) is 11.8 Å². The summed E-state index contributed by atoms with van der Waals surface area (Å²) in [7, 11) is 1.58. The number of fused-ring (bicyclic) bond motifs is 2. The van der Waals surface area contributed by atoms with Gasteiger partial charge in [-0.1, -0.05) is 0 Å². The third kappa shape index (κ3) is 2.59. The zero-order valence-corrected chi connectivity index (χ0v) is 14.7. The number of hydrogen-bond donors (Lipinski definition) is 3. The minimum atomic E-state index is -0.258. The lowest BCUT2D eigenvalue weighted by atomic mass is 9.68. The molecule has 1 aromatic rings.